The van der Waals surface area contributed by atoms with Gasteiger partial charge in [0.15, 0.2) is 11.5 Å². The van der Waals surface area contributed by atoms with Crippen molar-refractivity contribution in [3.05, 3.63) is 27.6 Å². The molecule has 0 saturated heterocycles. The number of nitro groups is 1. The van der Waals surface area contributed by atoms with E-state index in [2.05, 4.69) is 25.6 Å². The zero-order valence-corrected chi connectivity index (χ0v) is 13.8. The SMILES string of the molecule is C#CCO.CCOC(=O)C[N+](=O)[O-].CCOC(=O)c1cc(CO)on1. The number of aliphatic hydroxyl groups is 2. The summed E-state index contributed by atoms with van der Waals surface area (Å²) in [7, 11) is 0. The van der Waals surface area contributed by atoms with E-state index in [0.29, 0.717) is 6.61 Å². The van der Waals surface area contributed by atoms with Crippen LogP contribution in [-0.2, 0) is 20.9 Å². The molecule has 0 aliphatic heterocycles. The molecule has 0 aromatic carbocycles. The van der Waals surface area contributed by atoms with Gasteiger partial charge in [-0.1, -0.05) is 11.1 Å². The number of ether oxygens (including phenoxy) is 2. The van der Waals surface area contributed by atoms with E-state index in [0.717, 1.165) is 0 Å². The first-order chi connectivity index (χ1) is 11.9. The summed E-state index contributed by atoms with van der Waals surface area (Å²) in [6, 6.07) is 1.35. The van der Waals surface area contributed by atoms with Crippen molar-refractivity contribution in [2.75, 3.05) is 26.4 Å². The second-order valence-electron chi connectivity index (χ2n) is 3.72. The average Bonchev–Trinajstić information content (AvgIpc) is 3.04. The lowest BCUT2D eigenvalue weighted by molar-refractivity contribution is -0.470. The Morgan fingerprint density at radius 1 is 1.36 bits per heavy atom. The van der Waals surface area contributed by atoms with Crippen LogP contribution in [0, 0.1) is 22.5 Å². The van der Waals surface area contributed by atoms with Crippen LogP contribution in [0.1, 0.15) is 30.1 Å². The Kier molecular flexibility index (Phi) is 15.5. The molecule has 1 heterocycles. The highest BCUT2D eigenvalue weighted by molar-refractivity contribution is 5.87. The molecule has 11 nitrogen and oxygen atoms in total. The molecule has 2 N–H and O–H groups in total. The number of esters is 2. The van der Waals surface area contributed by atoms with Gasteiger partial charge < -0.3 is 24.2 Å². The van der Waals surface area contributed by atoms with Crippen LogP contribution < -0.4 is 0 Å². The molecule has 0 atom stereocenters. The van der Waals surface area contributed by atoms with Crippen molar-refractivity contribution in [3.8, 4) is 12.3 Å². The minimum absolute atomic E-state index is 0.0842. The van der Waals surface area contributed by atoms with Gasteiger partial charge in [-0.05, 0) is 13.8 Å². The van der Waals surface area contributed by atoms with E-state index in [1.165, 1.54) is 6.07 Å². The molecule has 0 spiro atoms. The summed E-state index contributed by atoms with van der Waals surface area (Å²) in [6.07, 6.45) is 4.53. The lowest BCUT2D eigenvalue weighted by atomic mass is 10.4. The van der Waals surface area contributed by atoms with E-state index in [-0.39, 0.29) is 31.3 Å². The molecule has 140 valence electrons. The van der Waals surface area contributed by atoms with Gasteiger partial charge in [-0.25, -0.2) is 9.59 Å². The fraction of sp³-hybridized carbons (Fsp3) is 0.500. The predicted molar refractivity (Wildman–Crippen MR) is 82.8 cm³/mol. The predicted octanol–water partition coefficient (Wildman–Crippen LogP) is -0.218. The van der Waals surface area contributed by atoms with Crippen molar-refractivity contribution in [2.24, 2.45) is 0 Å². The van der Waals surface area contributed by atoms with Crippen molar-refractivity contribution >= 4 is 11.9 Å². The van der Waals surface area contributed by atoms with Crippen LogP contribution in [0.4, 0.5) is 0 Å². The number of terminal acetylenes is 1. The first kappa shape index (κ1) is 24.3. The highest BCUT2D eigenvalue weighted by Gasteiger charge is 2.12. The van der Waals surface area contributed by atoms with Gasteiger partial charge in [0.25, 0.3) is 6.54 Å². The van der Waals surface area contributed by atoms with Crippen molar-refractivity contribution in [3.63, 3.8) is 0 Å². The molecule has 0 aliphatic carbocycles. The highest BCUT2D eigenvalue weighted by atomic mass is 16.6. The van der Waals surface area contributed by atoms with E-state index >= 15 is 0 Å². The minimum atomic E-state index is -0.789. The molecule has 0 radical (unpaired) electrons. The Bertz CT molecular complexity index is 563. The molecule has 0 bridgehead atoms. The van der Waals surface area contributed by atoms with Gasteiger partial charge >= 0.3 is 11.9 Å². The number of rotatable bonds is 6. The third-order valence-corrected chi connectivity index (χ3v) is 1.85. The standard InChI is InChI=1S/C7H9NO4.C4H7NO4.C3H4O/c1-2-11-7(10)6-3-5(4-9)12-8-6;1-2-9-4(6)3-5(7)8;1-2-3-4/h3,9H,2,4H2,1H3;2-3H2,1H3;1,4H,3H2. The molecule has 0 fully saturated rings. The number of carbonyl (C=O) groups excluding carboxylic acids is 2. The Hall–Kier alpha value is -2.97. The second-order valence-corrected chi connectivity index (χ2v) is 3.72. The van der Waals surface area contributed by atoms with Crippen LogP contribution in [0.3, 0.4) is 0 Å². The number of hydrogen-bond donors (Lipinski definition) is 2. The Morgan fingerprint density at radius 3 is 2.28 bits per heavy atom. The van der Waals surface area contributed by atoms with E-state index in [1.54, 1.807) is 13.8 Å². The zero-order valence-electron chi connectivity index (χ0n) is 13.8. The van der Waals surface area contributed by atoms with Crippen LogP contribution in [0.2, 0.25) is 0 Å². The molecular weight excluding hydrogens is 340 g/mol. The van der Waals surface area contributed by atoms with Crippen molar-refractivity contribution in [1.29, 1.82) is 0 Å². The molecule has 0 unspecified atom stereocenters. The van der Waals surface area contributed by atoms with Crippen LogP contribution in [0.5, 0.6) is 0 Å². The maximum atomic E-state index is 10.9. The third kappa shape index (κ3) is 14.4. The summed E-state index contributed by atoms with van der Waals surface area (Å²) < 4.78 is 13.5. The number of aromatic nitrogens is 1. The fourth-order valence-electron chi connectivity index (χ4n) is 1.00. The zero-order chi connectivity index (χ0) is 19.7. The maximum Gasteiger partial charge on any atom is 0.378 e. The van der Waals surface area contributed by atoms with Gasteiger partial charge in [0, 0.05) is 11.0 Å². The van der Waals surface area contributed by atoms with Crippen LogP contribution in [-0.4, -0.2) is 58.6 Å². The molecule has 1 aromatic heterocycles. The number of nitrogens with zero attached hydrogens (tertiary/aromatic N) is 2. The molecule has 1 aromatic rings. The van der Waals surface area contributed by atoms with E-state index in [4.69, 9.17) is 10.2 Å². The van der Waals surface area contributed by atoms with Crippen molar-refractivity contribution in [1.82, 2.24) is 5.16 Å². The van der Waals surface area contributed by atoms with Crippen molar-refractivity contribution < 1.29 is 38.7 Å². The maximum absolute atomic E-state index is 10.9. The average molecular weight is 360 g/mol. The van der Waals surface area contributed by atoms with E-state index < -0.39 is 23.4 Å². The lowest BCUT2D eigenvalue weighted by Gasteiger charge is -1.94. The molecule has 0 amide bonds. The van der Waals surface area contributed by atoms with Gasteiger partial charge in [-0.15, -0.1) is 6.42 Å². The van der Waals surface area contributed by atoms with Gasteiger partial charge in [-0.3, -0.25) is 10.1 Å². The first-order valence-corrected chi connectivity index (χ1v) is 6.91. The summed E-state index contributed by atoms with van der Waals surface area (Å²) >= 11 is 0. The normalized spacial score (nSPS) is 8.60. The summed E-state index contributed by atoms with van der Waals surface area (Å²) in [5.74, 6) is 0.904. The summed E-state index contributed by atoms with van der Waals surface area (Å²) in [5.41, 5.74) is 0.0842. The third-order valence-electron chi connectivity index (χ3n) is 1.85. The number of carbonyl (C=O) groups is 2. The first-order valence-electron chi connectivity index (χ1n) is 6.91. The number of hydrogen-bond acceptors (Lipinski definition) is 10. The van der Waals surface area contributed by atoms with Gasteiger partial charge in [-0.2, -0.15) is 0 Å². The van der Waals surface area contributed by atoms with Gasteiger partial charge in [0.2, 0.25) is 0 Å². The summed E-state index contributed by atoms with van der Waals surface area (Å²) in [4.78, 5) is 30.0. The number of aliphatic hydroxyl groups excluding tert-OH is 2. The molecule has 0 saturated carbocycles. The Labute approximate surface area is 143 Å². The molecular formula is C14H20N2O9. The highest BCUT2D eigenvalue weighted by Crippen LogP contribution is 2.04. The second kappa shape index (κ2) is 15.9. The van der Waals surface area contributed by atoms with Crippen LogP contribution in [0.15, 0.2) is 10.6 Å². The smallest absolute Gasteiger partial charge is 0.378 e. The summed E-state index contributed by atoms with van der Waals surface area (Å²) in [5, 5.41) is 29.2. The molecule has 0 aliphatic rings. The topological polar surface area (TPSA) is 162 Å². The van der Waals surface area contributed by atoms with Crippen molar-refractivity contribution in [2.45, 2.75) is 20.5 Å². The fourth-order valence-corrected chi connectivity index (χ4v) is 1.00. The molecule has 1 rings (SSSR count). The largest absolute Gasteiger partial charge is 0.461 e. The minimum Gasteiger partial charge on any atom is -0.461 e. The van der Waals surface area contributed by atoms with Gasteiger partial charge in [0.1, 0.15) is 13.2 Å². The quantitative estimate of drug-likeness (QED) is 0.300. The summed E-state index contributed by atoms with van der Waals surface area (Å²) in [6.45, 7) is 2.61. The van der Waals surface area contributed by atoms with E-state index in [1.807, 2.05) is 5.92 Å². The van der Waals surface area contributed by atoms with Gasteiger partial charge in [0.05, 0.1) is 13.2 Å². The molecule has 25 heavy (non-hydrogen) atoms. The van der Waals surface area contributed by atoms with Crippen LogP contribution >= 0.6 is 0 Å². The van der Waals surface area contributed by atoms with Crippen LogP contribution in [0.25, 0.3) is 0 Å². The lowest BCUT2D eigenvalue weighted by Crippen LogP contribution is -2.16. The molecule has 11 heteroatoms. The Morgan fingerprint density at radius 2 is 1.92 bits per heavy atom. The van der Waals surface area contributed by atoms with E-state index in [9.17, 15) is 19.7 Å². The monoisotopic (exact) mass is 360 g/mol. The Balaban J connectivity index is 0.